The molecule has 0 saturated heterocycles. The number of benzene rings is 1. The Balaban J connectivity index is 2.33. The smallest absolute Gasteiger partial charge is 0.408 e. The molecule has 2 atom stereocenters. The lowest BCUT2D eigenvalue weighted by molar-refractivity contribution is -0.139. The van der Waals surface area contributed by atoms with Gasteiger partial charge in [-0.05, 0) is 51.0 Å². The monoisotopic (exact) mass is 416 g/mol. The van der Waals surface area contributed by atoms with Crippen LogP contribution in [0.15, 0.2) is 35.3 Å². The highest BCUT2D eigenvalue weighted by atomic mass is 16.6. The summed E-state index contributed by atoms with van der Waals surface area (Å²) >= 11 is 0. The first-order valence-corrected chi connectivity index (χ1v) is 10.8. The van der Waals surface area contributed by atoms with E-state index in [0.29, 0.717) is 19.3 Å². The number of nitrogens with zero attached hydrogens (tertiary/aromatic N) is 1. The summed E-state index contributed by atoms with van der Waals surface area (Å²) in [5.74, 6) is 0.443. The van der Waals surface area contributed by atoms with Gasteiger partial charge in [-0.2, -0.15) is 0 Å². The van der Waals surface area contributed by atoms with E-state index in [9.17, 15) is 9.59 Å². The van der Waals surface area contributed by atoms with Crippen molar-refractivity contribution in [3.63, 3.8) is 0 Å². The van der Waals surface area contributed by atoms with Gasteiger partial charge < -0.3 is 14.8 Å². The molecular weight excluding hydrogens is 380 g/mol. The van der Waals surface area contributed by atoms with Crippen molar-refractivity contribution in [2.45, 2.75) is 84.9 Å². The van der Waals surface area contributed by atoms with Gasteiger partial charge in [-0.3, -0.25) is 0 Å². The third-order valence-corrected chi connectivity index (χ3v) is 4.68. The lowest BCUT2D eigenvalue weighted by atomic mass is 9.84. The molecule has 1 aliphatic rings. The van der Waals surface area contributed by atoms with E-state index >= 15 is 0 Å². The first-order chi connectivity index (χ1) is 13.9. The van der Waals surface area contributed by atoms with Gasteiger partial charge in [0.05, 0.1) is 0 Å². The predicted molar refractivity (Wildman–Crippen MR) is 118 cm³/mol. The van der Waals surface area contributed by atoms with Crippen LogP contribution in [0.2, 0.25) is 0 Å². The molecule has 1 heterocycles. The maximum atomic E-state index is 13.1. The van der Waals surface area contributed by atoms with E-state index in [2.05, 4.69) is 19.2 Å². The number of alkyl carbamates (subject to hydrolysis) is 1. The number of esters is 1. The fraction of sp³-hybridized carbons (Fsp3) is 0.625. The maximum absolute atomic E-state index is 13.1. The van der Waals surface area contributed by atoms with Crippen molar-refractivity contribution in [2.75, 3.05) is 0 Å². The Kier molecular flexibility index (Phi) is 7.67. The van der Waals surface area contributed by atoms with Crippen LogP contribution in [0, 0.1) is 11.8 Å². The van der Waals surface area contributed by atoms with Gasteiger partial charge in [0.15, 0.2) is 5.54 Å². The van der Waals surface area contributed by atoms with Crippen LogP contribution >= 0.6 is 0 Å². The van der Waals surface area contributed by atoms with Gasteiger partial charge in [-0.1, -0.05) is 58.0 Å². The predicted octanol–water partition coefficient (Wildman–Crippen LogP) is 4.91. The Morgan fingerprint density at radius 1 is 1.13 bits per heavy atom. The summed E-state index contributed by atoms with van der Waals surface area (Å²) in [6.45, 7) is 13.7. The van der Waals surface area contributed by atoms with Crippen LogP contribution in [0.25, 0.3) is 0 Å². The zero-order valence-electron chi connectivity index (χ0n) is 19.3. The topological polar surface area (TPSA) is 77.0 Å². The van der Waals surface area contributed by atoms with Crippen LogP contribution in [0.5, 0.6) is 0 Å². The molecule has 0 aromatic heterocycles. The number of carbonyl (C=O) groups excluding carboxylic acids is 2. The minimum atomic E-state index is -0.976. The van der Waals surface area contributed by atoms with Crippen molar-refractivity contribution in [3.05, 3.63) is 35.9 Å². The molecule has 0 unspecified atom stereocenters. The van der Waals surface area contributed by atoms with Crippen LogP contribution < -0.4 is 5.32 Å². The molecule has 166 valence electrons. The van der Waals surface area contributed by atoms with Crippen LogP contribution in [0.1, 0.15) is 66.9 Å². The van der Waals surface area contributed by atoms with Gasteiger partial charge in [-0.25, -0.2) is 14.6 Å². The molecule has 1 N–H and O–H groups in total. The Bertz CT molecular complexity index is 765. The number of aliphatic imine (C=N–C) groups is 1. The van der Waals surface area contributed by atoms with Crippen molar-refractivity contribution >= 4 is 18.0 Å². The van der Waals surface area contributed by atoms with E-state index in [1.54, 1.807) is 0 Å². The van der Waals surface area contributed by atoms with Crippen LogP contribution in [-0.2, 0) is 20.7 Å². The van der Waals surface area contributed by atoms with Crippen LogP contribution in [-0.4, -0.2) is 35.1 Å². The van der Waals surface area contributed by atoms with E-state index < -0.39 is 23.3 Å². The zero-order chi connectivity index (χ0) is 22.5. The van der Waals surface area contributed by atoms with Gasteiger partial charge in [0, 0.05) is 6.42 Å². The van der Waals surface area contributed by atoms with Gasteiger partial charge in [0.1, 0.15) is 11.6 Å². The third-order valence-electron chi connectivity index (χ3n) is 4.68. The standard InChI is InChI=1S/C24H36N2O4/c1-16(2)13-19(25-22(28)30-23(5,6)7)20-26-24(14-17(3)4,21(27)29-20)15-18-11-9-8-10-12-18/h8-12,16-17,19H,13-15H2,1-7H3,(H,25,28)/t19-,24-/m0/s1. The minimum Gasteiger partial charge on any atom is -0.444 e. The van der Waals surface area contributed by atoms with Gasteiger partial charge in [0.2, 0.25) is 5.90 Å². The molecule has 0 bridgehead atoms. The van der Waals surface area contributed by atoms with Gasteiger partial charge in [-0.15, -0.1) is 0 Å². The van der Waals surface area contributed by atoms with E-state index in [1.165, 1.54) is 0 Å². The second-order valence-corrected chi connectivity index (χ2v) is 9.96. The highest BCUT2D eigenvalue weighted by molar-refractivity contribution is 6.03. The van der Waals surface area contributed by atoms with Crippen LogP contribution in [0.3, 0.4) is 0 Å². The molecule has 1 amide bonds. The fourth-order valence-electron chi connectivity index (χ4n) is 3.68. The lowest BCUT2D eigenvalue weighted by Gasteiger charge is -2.24. The number of carbonyl (C=O) groups is 2. The summed E-state index contributed by atoms with van der Waals surface area (Å²) in [7, 11) is 0. The van der Waals surface area contributed by atoms with E-state index in [4.69, 9.17) is 14.5 Å². The van der Waals surface area contributed by atoms with Crippen molar-refractivity contribution < 1.29 is 19.1 Å². The number of ether oxygens (including phenoxy) is 2. The summed E-state index contributed by atoms with van der Waals surface area (Å²) in [5.41, 5.74) is -0.564. The molecule has 0 aliphatic carbocycles. The summed E-state index contributed by atoms with van der Waals surface area (Å²) < 4.78 is 11.1. The highest BCUT2D eigenvalue weighted by Gasteiger charge is 2.48. The Labute approximate surface area is 180 Å². The van der Waals surface area contributed by atoms with Gasteiger partial charge in [0.25, 0.3) is 0 Å². The summed E-state index contributed by atoms with van der Waals surface area (Å²) in [6.07, 6.45) is 1.09. The van der Waals surface area contributed by atoms with Crippen molar-refractivity contribution in [2.24, 2.45) is 16.8 Å². The first-order valence-electron chi connectivity index (χ1n) is 10.8. The SMILES string of the molecule is CC(C)C[C@H](NC(=O)OC(C)(C)C)C1=N[C@](Cc2ccccc2)(CC(C)C)C(=O)O1. The van der Waals surface area contributed by atoms with E-state index in [-0.39, 0.29) is 23.7 Å². The average Bonchev–Trinajstić information content (AvgIpc) is 2.88. The summed E-state index contributed by atoms with van der Waals surface area (Å²) in [6, 6.07) is 9.32. The lowest BCUT2D eigenvalue weighted by Crippen LogP contribution is -2.44. The third kappa shape index (κ3) is 6.85. The normalized spacial score (nSPS) is 20.2. The van der Waals surface area contributed by atoms with Gasteiger partial charge >= 0.3 is 12.1 Å². The zero-order valence-corrected chi connectivity index (χ0v) is 19.3. The molecule has 0 radical (unpaired) electrons. The number of amides is 1. The molecule has 1 aromatic carbocycles. The van der Waals surface area contributed by atoms with E-state index in [1.807, 2.05) is 65.0 Å². The van der Waals surface area contributed by atoms with Crippen LogP contribution in [0.4, 0.5) is 4.79 Å². The molecule has 0 spiro atoms. The minimum absolute atomic E-state index is 0.256. The molecule has 30 heavy (non-hydrogen) atoms. The molecule has 0 fully saturated rings. The molecule has 2 rings (SSSR count). The number of nitrogens with one attached hydrogen (secondary N) is 1. The Morgan fingerprint density at radius 3 is 2.30 bits per heavy atom. The molecule has 1 aromatic rings. The summed E-state index contributed by atoms with van der Waals surface area (Å²) in [4.78, 5) is 30.3. The van der Waals surface area contributed by atoms with Crippen molar-refractivity contribution in [1.29, 1.82) is 0 Å². The summed E-state index contributed by atoms with van der Waals surface area (Å²) in [5, 5.41) is 2.85. The number of hydrogen-bond donors (Lipinski definition) is 1. The molecular formula is C24H36N2O4. The highest BCUT2D eigenvalue weighted by Crippen LogP contribution is 2.33. The first kappa shape index (κ1) is 23.9. The average molecular weight is 417 g/mol. The number of hydrogen-bond acceptors (Lipinski definition) is 5. The Morgan fingerprint density at radius 2 is 1.77 bits per heavy atom. The quantitative estimate of drug-likeness (QED) is 0.611. The second kappa shape index (κ2) is 9.63. The Hall–Kier alpha value is -2.37. The molecule has 0 saturated carbocycles. The number of rotatable bonds is 8. The van der Waals surface area contributed by atoms with Crippen molar-refractivity contribution in [1.82, 2.24) is 5.32 Å². The maximum Gasteiger partial charge on any atom is 0.408 e. The largest absolute Gasteiger partial charge is 0.444 e. The molecule has 1 aliphatic heterocycles. The van der Waals surface area contributed by atoms with E-state index in [0.717, 1.165) is 5.56 Å². The number of cyclic esters (lactones) is 1. The molecule has 6 heteroatoms. The van der Waals surface area contributed by atoms with Crippen molar-refractivity contribution in [3.8, 4) is 0 Å². The molecule has 6 nitrogen and oxygen atoms in total. The second-order valence-electron chi connectivity index (χ2n) is 9.96. The fourth-order valence-corrected chi connectivity index (χ4v) is 3.68.